The number of methoxy groups -OCH3 is 1. The molecule has 4 aromatic rings. The molecule has 0 radical (unpaired) electrons. The molecule has 0 unspecified atom stereocenters. The number of aromatic nitrogens is 2. The molecule has 1 aromatic heterocycles. The van der Waals surface area contributed by atoms with E-state index in [9.17, 15) is 9.59 Å². The first-order chi connectivity index (χ1) is 16.5. The molecule has 2 atom stereocenters. The van der Waals surface area contributed by atoms with Crippen molar-refractivity contribution in [3.05, 3.63) is 90.3 Å². The number of hydrogen-bond acceptors (Lipinski definition) is 4. The molecular formula is C27H26N4O3. The standard InChI is InChI=1S/C27H26N4O3/c1-18-26-29-22-13-6-7-14-23(22)31(26)24(27(33)30(18)17-19-9-4-3-5-10-19)16-25(32)28-20-11-8-12-21(15-20)34-2/h3-15,18,24H,16-17H2,1-2H3,(H,28,32)/t18-,24+/m0/s1. The Morgan fingerprint density at radius 3 is 2.59 bits per heavy atom. The predicted octanol–water partition coefficient (Wildman–Crippen LogP) is 4.72. The van der Waals surface area contributed by atoms with Crippen molar-refractivity contribution in [2.75, 3.05) is 12.4 Å². The first-order valence-corrected chi connectivity index (χ1v) is 11.3. The Hall–Kier alpha value is -4.13. The van der Waals surface area contributed by atoms with Crippen molar-refractivity contribution >= 4 is 28.5 Å². The second-order valence-electron chi connectivity index (χ2n) is 8.46. The minimum Gasteiger partial charge on any atom is -0.497 e. The number of carbonyl (C=O) groups excluding carboxylic acids is 2. The first-order valence-electron chi connectivity index (χ1n) is 11.3. The van der Waals surface area contributed by atoms with E-state index in [2.05, 4.69) is 5.32 Å². The number of carbonyl (C=O) groups is 2. The number of imidazole rings is 1. The smallest absolute Gasteiger partial charge is 0.247 e. The predicted molar refractivity (Wildman–Crippen MR) is 130 cm³/mol. The maximum Gasteiger partial charge on any atom is 0.247 e. The first kappa shape index (κ1) is 21.7. The van der Waals surface area contributed by atoms with E-state index < -0.39 is 6.04 Å². The van der Waals surface area contributed by atoms with Gasteiger partial charge in [0.1, 0.15) is 17.6 Å². The van der Waals surface area contributed by atoms with Gasteiger partial charge in [-0.05, 0) is 36.8 Å². The summed E-state index contributed by atoms with van der Waals surface area (Å²) in [5.74, 6) is 1.10. The lowest BCUT2D eigenvalue weighted by Gasteiger charge is -2.38. The van der Waals surface area contributed by atoms with Gasteiger partial charge in [0.2, 0.25) is 11.8 Å². The molecule has 1 N–H and O–H groups in total. The van der Waals surface area contributed by atoms with E-state index in [1.807, 2.05) is 83.1 Å². The molecule has 0 saturated heterocycles. The minimum atomic E-state index is -0.687. The molecular weight excluding hydrogens is 428 g/mol. The maximum atomic E-state index is 13.8. The van der Waals surface area contributed by atoms with E-state index in [0.717, 1.165) is 22.4 Å². The van der Waals surface area contributed by atoms with Crippen LogP contribution in [0.5, 0.6) is 5.75 Å². The van der Waals surface area contributed by atoms with Gasteiger partial charge in [0.05, 0.1) is 30.6 Å². The van der Waals surface area contributed by atoms with Gasteiger partial charge in [-0.25, -0.2) is 4.98 Å². The summed E-state index contributed by atoms with van der Waals surface area (Å²) in [5.41, 5.74) is 3.33. The molecule has 2 amide bonds. The minimum absolute atomic E-state index is 0.00140. The van der Waals surface area contributed by atoms with Crippen molar-refractivity contribution < 1.29 is 14.3 Å². The van der Waals surface area contributed by atoms with Crippen molar-refractivity contribution in [3.63, 3.8) is 0 Å². The van der Waals surface area contributed by atoms with Crippen molar-refractivity contribution in [1.29, 1.82) is 0 Å². The Labute approximate surface area is 198 Å². The quantitative estimate of drug-likeness (QED) is 0.457. The van der Waals surface area contributed by atoms with Crippen LogP contribution in [0.3, 0.4) is 0 Å². The van der Waals surface area contributed by atoms with Crippen LogP contribution in [0, 0.1) is 0 Å². The number of nitrogens with one attached hydrogen (secondary N) is 1. The highest BCUT2D eigenvalue weighted by Crippen LogP contribution is 2.37. The number of anilines is 1. The fraction of sp³-hybridized carbons (Fsp3) is 0.222. The topological polar surface area (TPSA) is 76.5 Å². The summed E-state index contributed by atoms with van der Waals surface area (Å²) < 4.78 is 7.19. The highest BCUT2D eigenvalue weighted by Gasteiger charge is 2.40. The van der Waals surface area contributed by atoms with Crippen LogP contribution in [0.2, 0.25) is 0 Å². The van der Waals surface area contributed by atoms with Crippen molar-refractivity contribution in [3.8, 4) is 5.75 Å². The van der Waals surface area contributed by atoms with Gasteiger partial charge in [-0.1, -0.05) is 48.5 Å². The lowest BCUT2D eigenvalue weighted by molar-refractivity contribution is -0.142. The zero-order valence-corrected chi connectivity index (χ0v) is 19.1. The second-order valence-corrected chi connectivity index (χ2v) is 8.46. The number of rotatable bonds is 6. The fourth-order valence-corrected chi connectivity index (χ4v) is 4.58. The van der Waals surface area contributed by atoms with Crippen LogP contribution in [0.4, 0.5) is 5.69 Å². The molecule has 3 aromatic carbocycles. The van der Waals surface area contributed by atoms with E-state index in [4.69, 9.17) is 9.72 Å². The Kier molecular flexibility index (Phi) is 5.76. The largest absolute Gasteiger partial charge is 0.497 e. The molecule has 7 heteroatoms. The average Bonchev–Trinajstić information content (AvgIpc) is 3.25. The third-order valence-electron chi connectivity index (χ3n) is 6.27. The molecule has 0 aliphatic carbocycles. The lowest BCUT2D eigenvalue weighted by Crippen LogP contribution is -2.45. The van der Waals surface area contributed by atoms with Crippen molar-refractivity contribution in [2.24, 2.45) is 0 Å². The second kappa shape index (κ2) is 9.02. The Morgan fingerprint density at radius 1 is 1.03 bits per heavy atom. The summed E-state index contributed by atoms with van der Waals surface area (Å²) in [6.07, 6.45) is 0.00140. The zero-order valence-electron chi connectivity index (χ0n) is 19.1. The number of amides is 2. The van der Waals surface area contributed by atoms with Gasteiger partial charge < -0.3 is 19.5 Å². The van der Waals surface area contributed by atoms with Gasteiger partial charge in [0.15, 0.2) is 0 Å². The SMILES string of the molecule is COc1cccc(NC(=O)C[C@@H]2C(=O)N(Cc3ccccc3)[C@@H](C)c3nc4ccccc4n32)c1. The summed E-state index contributed by atoms with van der Waals surface area (Å²) in [4.78, 5) is 33.6. The van der Waals surface area contributed by atoms with Crippen LogP contribution < -0.4 is 10.1 Å². The van der Waals surface area contributed by atoms with Gasteiger partial charge in [0.25, 0.3) is 0 Å². The number of benzene rings is 3. The van der Waals surface area contributed by atoms with Crippen LogP contribution in [-0.2, 0) is 16.1 Å². The zero-order chi connectivity index (χ0) is 23.7. The van der Waals surface area contributed by atoms with Crippen molar-refractivity contribution in [2.45, 2.75) is 32.0 Å². The van der Waals surface area contributed by atoms with Gasteiger partial charge in [0, 0.05) is 18.3 Å². The number of hydrogen-bond donors (Lipinski definition) is 1. The van der Waals surface area contributed by atoms with Gasteiger partial charge in [-0.2, -0.15) is 0 Å². The van der Waals surface area contributed by atoms with Crippen LogP contribution in [0.25, 0.3) is 11.0 Å². The molecule has 0 bridgehead atoms. The number of fused-ring (bicyclic) bond motifs is 3. The van der Waals surface area contributed by atoms with E-state index in [1.54, 1.807) is 19.2 Å². The van der Waals surface area contributed by atoms with Crippen LogP contribution in [-0.4, -0.2) is 33.4 Å². The molecule has 34 heavy (non-hydrogen) atoms. The van der Waals surface area contributed by atoms with E-state index >= 15 is 0 Å². The van der Waals surface area contributed by atoms with Gasteiger partial charge >= 0.3 is 0 Å². The molecule has 2 heterocycles. The molecule has 0 saturated carbocycles. The Balaban J connectivity index is 1.49. The summed E-state index contributed by atoms with van der Waals surface area (Å²) in [5, 5.41) is 2.91. The number of ether oxygens (including phenoxy) is 1. The molecule has 172 valence electrons. The Bertz CT molecular complexity index is 1350. The highest BCUT2D eigenvalue weighted by atomic mass is 16.5. The van der Waals surface area contributed by atoms with Crippen molar-refractivity contribution in [1.82, 2.24) is 14.5 Å². The summed E-state index contributed by atoms with van der Waals surface area (Å²) in [6, 6.07) is 23.9. The molecule has 1 aliphatic rings. The van der Waals surface area contributed by atoms with Gasteiger partial charge in [-0.15, -0.1) is 0 Å². The van der Waals surface area contributed by atoms with E-state index in [0.29, 0.717) is 18.0 Å². The summed E-state index contributed by atoms with van der Waals surface area (Å²) >= 11 is 0. The normalized spacial score (nSPS) is 17.5. The molecule has 0 spiro atoms. The maximum absolute atomic E-state index is 13.8. The number of para-hydroxylation sites is 2. The van der Waals surface area contributed by atoms with Crippen LogP contribution in [0.1, 0.15) is 36.8 Å². The Morgan fingerprint density at radius 2 is 1.79 bits per heavy atom. The molecule has 0 fully saturated rings. The van der Waals surface area contributed by atoms with E-state index in [1.165, 1.54) is 0 Å². The van der Waals surface area contributed by atoms with Crippen LogP contribution in [0.15, 0.2) is 78.9 Å². The summed E-state index contributed by atoms with van der Waals surface area (Å²) in [6.45, 7) is 2.45. The fourth-order valence-electron chi connectivity index (χ4n) is 4.58. The molecule has 7 nitrogen and oxygen atoms in total. The molecule has 1 aliphatic heterocycles. The van der Waals surface area contributed by atoms with Crippen LogP contribution >= 0.6 is 0 Å². The van der Waals surface area contributed by atoms with Gasteiger partial charge in [-0.3, -0.25) is 9.59 Å². The highest BCUT2D eigenvalue weighted by molar-refractivity contribution is 5.96. The monoisotopic (exact) mass is 454 g/mol. The summed E-state index contributed by atoms with van der Waals surface area (Å²) in [7, 11) is 1.58. The lowest BCUT2D eigenvalue weighted by atomic mass is 10.0. The third-order valence-corrected chi connectivity index (χ3v) is 6.27. The molecule has 5 rings (SSSR count). The number of nitrogens with zero attached hydrogens (tertiary/aromatic N) is 3. The van der Waals surface area contributed by atoms with E-state index in [-0.39, 0.29) is 24.3 Å². The third kappa shape index (κ3) is 4.01. The average molecular weight is 455 g/mol.